The van der Waals surface area contributed by atoms with Crippen LogP contribution in [0.25, 0.3) is 17.0 Å². The van der Waals surface area contributed by atoms with E-state index in [2.05, 4.69) is 15.2 Å². The second-order valence-corrected chi connectivity index (χ2v) is 4.77. The topological polar surface area (TPSA) is 43.1 Å². The van der Waals surface area contributed by atoms with Crippen LogP contribution in [0.5, 0.6) is 0 Å². The summed E-state index contributed by atoms with van der Waals surface area (Å²) < 4.78 is 14.9. The van der Waals surface area contributed by atoms with Gasteiger partial charge in [-0.3, -0.25) is 4.40 Å². The average molecular weight is 297 g/mol. The van der Waals surface area contributed by atoms with Crippen molar-refractivity contribution in [3.05, 3.63) is 46.1 Å². The summed E-state index contributed by atoms with van der Waals surface area (Å²) >= 11 is 11.6. The summed E-state index contributed by atoms with van der Waals surface area (Å²) in [7, 11) is 0. The van der Waals surface area contributed by atoms with Crippen LogP contribution in [0, 0.1) is 12.7 Å². The number of hydrogen-bond donors (Lipinski definition) is 0. The summed E-state index contributed by atoms with van der Waals surface area (Å²) in [5.41, 5.74) is 1.24. The Morgan fingerprint density at radius 3 is 2.68 bits per heavy atom. The van der Waals surface area contributed by atoms with Gasteiger partial charge in [0.25, 0.3) is 0 Å². The molecule has 0 saturated carbocycles. The van der Waals surface area contributed by atoms with E-state index in [1.54, 1.807) is 23.5 Å². The number of fused-ring (bicyclic) bond motifs is 1. The fourth-order valence-electron chi connectivity index (χ4n) is 1.87. The van der Waals surface area contributed by atoms with Gasteiger partial charge in [-0.15, -0.1) is 10.2 Å². The Hall–Kier alpha value is -1.72. The Labute approximate surface area is 117 Å². The Morgan fingerprint density at radius 2 is 1.95 bits per heavy atom. The largest absolute Gasteiger partial charge is 0.263 e. The van der Waals surface area contributed by atoms with Gasteiger partial charge in [-0.1, -0.05) is 23.2 Å². The molecule has 0 spiro atoms. The summed E-state index contributed by atoms with van der Waals surface area (Å²) in [6, 6.07) is 5.99. The molecule has 3 aromatic rings. The predicted octanol–water partition coefficient (Wildman–Crippen LogP) is 3.55. The van der Waals surface area contributed by atoms with E-state index in [1.807, 2.05) is 0 Å². The predicted molar refractivity (Wildman–Crippen MR) is 70.9 cm³/mol. The van der Waals surface area contributed by atoms with Crippen LogP contribution in [-0.2, 0) is 0 Å². The molecule has 2 aromatic heterocycles. The van der Waals surface area contributed by atoms with Crippen LogP contribution in [0.2, 0.25) is 10.2 Å². The van der Waals surface area contributed by atoms with Crippen molar-refractivity contribution in [1.82, 2.24) is 19.6 Å². The number of benzene rings is 1. The maximum absolute atomic E-state index is 13.2. The minimum absolute atomic E-state index is 0.0359. The molecule has 0 N–H and O–H groups in total. The Morgan fingerprint density at radius 1 is 1.16 bits per heavy atom. The zero-order valence-electron chi connectivity index (χ0n) is 9.73. The second-order valence-electron chi connectivity index (χ2n) is 3.97. The highest BCUT2D eigenvalue weighted by molar-refractivity contribution is 6.31. The third-order valence-corrected chi connectivity index (χ3v) is 3.19. The summed E-state index contributed by atoms with van der Waals surface area (Å²) in [6.45, 7) is 1.79. The standard InChI is InChI=1S/C12H7Cl2FN4/c1-6-16-10(14)5-11-17-18-12(19(6)11)7-2-3-9(15)8(13)4-7/h2-5H,1H3. The summed E-state index contributed by atoms with van der Waals surface area (Å²) in [4.78, 5) is 4.14. The molecule has 2 heterocycles. The maximum atomic E-state index is 13.2. The van der Waals surface area contributed by atoms with Crippen LogP contribution in [-0.4, -0.2) is 19.6 Å². The van der Waals surface area contributed by atoms with Crippen LogP contribution < -0.4 is 0 Å². The van der Waals surface area contributed by atoms with Gasteiger partial charge in [-0.25, -0.2) is 9.37 Å². The zero-order valence-corrected chi connectivity index (χ0v) is 11.2. The number of nitrogens with zero attached hydrogens (tertiary/aromatic N) is 4. The van der Waals surface area contributed by atoms with Crippen molar-refractivity contribution in [2.75, 3.05) is 0 Å². The van der Waals surface area contributed by atoms with Gasteiger partial charge in [0.05, 0.1) is 5.02 Å². The third kappa shape index (κ3) is 2.05. The Bertz CT molecular complexity index is 785. The molecule has 0 aliphatic rings. The van der Waals surface area contributed by atoms with Crippen molar-refractivity contribution in [3.63, 3.8) is 0 Å². The molecule has 0 radical (unpaired) electrons. The molecule has 0 aliphatic carbocycles. The number of rotatable bonds is 1. The molecule has 0 unspecified atom stereocenters. The van der Waals surface area contributed by atoms with Crippen LogP contribution in [0.3, 0.4) is 0 Å². The maximum Gasteiger partial charge on any atom is 0.169 e. The lowest BCUT2D eigenvalue weighted by molar-refractivity contribution is 0.628. The van der Waals surface area contributed by atoms with Crippen LogP contribution in [0.4, 0.5) is 4.39 Å². The highest BCUT2D eigenvalue weighted by Crippen LogP contribution is 2.25. The fourth-order valence-corrected chi connectivity index (χ4v) is 2.27. The first-order valence-electron chi connectivity index (χ1n) is 5.40. The van der Waals surface area contributed by atoms with E-state index in [1.165, 1.54) is 12.1 Å². The monoisotopic (exact) mass is 296 g/mol. The van der Waals surface area contributed by atoms with E-state index in [9.17, 15) is 4.39 Å². The summed E-state index contributed by atoms with van der Waals surface area (Å²) in [6.07, 6.45) is 0. The number of hydrogen-bond acceptors (Lipinski definition) is 3. The minimum Gasteiger partial charge on any atom is -0.263 e. The van der Waals surface area contributed by atoms with Gasteiger partial charge in [-0.05, 0) is 25.1 Å². The van der Waals surface area contributed by atoms with E-state index in [4.69, 9.17) is 23.2 Å². The molecule has 3 rings (SSSR count). The molecule has 0 saturated heterocycles. The lowest BCUT2D eigenvalue weighted by atomic mass is 10.2. The Balaban J connectivity index is 2.28. The molecule has 0 aliphatic heterocycles. The molecule has 1 aromatic carbocycles. The van der Waals surface area contributed by atoms with Gasteiger partial charge in [0.15, 0.2) is 11.5 Å². The van der Waals surface area contributed by atoms with E-state index in [0.717, 1.165) is 0 Å². The van der Waals surface area contributed by atoms with E-state index < -0.39 is 5.82 Å². The number of halogens is 3. The summed E-state index contributed by atoms with van der Waals surface area (Å²) in [5, 5.41) is 8.48. The van der Waals surface area contributed by atoms with Crippen molar-refractivity contribution in [1.29, 1.82) is 0 Å². The highest BCUT2D eigenvalue weighted by Gasteiger charge is 2.13. The van der Waals surface area contributed by atoms with Gasteiger partial charge in [0.2, 0.25) is 0 Å². The van der Waals surface area contributed by atoms with Crippen LogP contribution in [0.1, 0.15) is 5.82 Å². The normalized spacial score (nSPS) is 11.2. The van der Waals surface area contributed by atoms with E-state index in [-0.39, 0.29) is 5.02 Å². The lowest BCUT2D eigenvalue weighted by Crippen LogP contribution is -1.98. The Kier molecular flexibility index (Phi) is 2.88. The molecule has 0 bridgehead atoms. The molecular formula is C12H7Cl2FN4. The molecule has 0 atom stereocenters. The second kappa shape index (κ2) is 4.43. The first kappa shape index (κ1) is 12.3. The smallest absolute Gasteiger partial charge is 0.169 e. The van der Waals surface area contributed by atoms with Crippen LogP contribution >= 0.6 is 23.2 Å². The lowest BCUT2D eigenvalue weighted by Gasteiger charge is -2.04. The number of aromatic nitrogens is 4. The van der Waals surface area contributed by atoms with Gasteiger partial charge >= 0.3 is 0 Å². The quantitative estimate of drug-likeness (QED) is 0.645. The average Bonchev–Trinajstić information content (AvgIpc) is 2.76. The zero-order chi connectivity index (χ0) is 13.6. The molecule has 0 fully saturated rings. The molecule has 4 nitrogen and oxygen atoms in total. The van der Waals surface area contributed by atoms with Crippen molar-refractivity contribution in [2.45, 2.75) is 6.92 Å². The fraction of sp³-hybridized carbons (Fsp3) is 0.0833. The first-order chi connectivity index (χ1) is 9.06. The minimum atomic E-state index is -0.475. The van der Waals surface area contributed by atoms with Gasteiger partial charge in [0.1, 0.15) is 16.8 Å². The van der Waals surface area contributed by atoms with Crippen LogP contribution in [0.15, 0.2) is 24.3 Å². The molecule has 19 heavy (non-hydrogen) atoms. The molecule has 96 valence electrons. The molecule has 0 amide bonds. The SMILES string of the molecule is Cc1nc(Cl)cc2nnc(-c3ccc(F)c(Cl)c3)n12. The van der Waals surface area contributed by atoms with Crippen molar-refractivity contribution < 1.29 is 4.39 Å². The van der Waals surface area contributed by atoms with Gasteiger partial charge in [0, 0.05) is 11.6 Å². The first-order valence-corrected chi connectivity index (χ1v) is 6.15. The van der Waals surface area contributed by atoms with E-state index >= 15 is 0 Å². The summed E-state index contributed by atoms with van der Waals surface area (Å²) in [5.74, 6) is 0.707. The number of aryl methyl sites for hydroxylation is 1. The van der Waals surface area contributed by atoms with Crippen molar-refractivity contribution in [3.8, 4) is 11.4 Å². The van der Waals surface area contributed by atoms with Gasteiger partial charge < -0.3 is 0 Å². The van der Waals surface area contributed by atoms with Crippen molar-refractivity contribution in [2.24, 2.45) is 0 Å². The van der Waals surface area contributed by atoms with Crippen molar-refractivity contribution >= 4 is 28.8 Å². The molecular weight excluding hydrogens is 290 g/mol. The van der Waals surface area contributed by atoms with E-state index in [0.29, 0.717) is 28.0 Å². The van der Waals surface area contributed by atoms with Gasteiger partial charge in [-0.2, -0.15) is 0 Å². The highest BCUT2D eigenvalue weighted by atomic mass is 35.5. The molecule has 7 heteroatoms. The third-order valence-electron chi connectivity index (χ3n) is 2.71.